The summed E-state index contributed by atoms with van der Waals surface area (Å²) in [5, 5.41) is 9.17. The normalized spacial score (nSPS) is 11.8. The molecule has 1 aliphatic rings. The van der Waals surface area contributed by atoms with Crippen molar-refractivity contribution in [3.05, 3.63) is 53.6 Å². The molecule has 1 aliphatic heterocycles. The summed E-state index contributed by atoms with van der Waals surface area (Å²) in [6.07, 6.45) is 0. The molecule has 3 rings (SSSR count). The van der Waals surface area contributed by atoms with Crippen LogP contribution in [0.2, 0.25) is 0 Å². The number of phenolic OH excluding ortho intramolecular Hbond substituents is 1. The molecule has 1 N–H and O–H groups in total. The lowest BCUT2D eigenvalue weighted by Crippen LogP contribution is -1.92. The minimum Gasteiger partial charge on any atom is -0.508 e. The smallest absolute Gasteiger partial charge is 0.231 e. The second kappa shape index (κ2) is 4.34. The van der Waals surface area contributed by atoms with Gasteiger partial charge in [-0.25, -0.2) is 0 Å². The quantitative estimate of drug-likeness (QED) is 0.717. The molecule has 18 heavy (non-hydrogen) atoms. The van der Waals surface area contributed by atoms with Crippen LogP contribution < -0.4 is 9.47 Å². The van der Waals surface area contributed by atoms with E-state index < -0.39 is 0 Å². The van der Waals surface area contributed by atoms with Crippen LogP contribution in [0.1, 0.15) is 11.1 Å². The Morgan fingerprint density at radius 1 is 0.833 bits per heavy atom. The van der Waals surface area contributed by atoms with E-state index in [1.165, 1.54) is 0 Å². The molecule has 0 saturated heterocycles. The average molecular weight is 238 g/mol. The van der Waals surface area contributed by atoms with Crippen molar-refractivity contribution in [2.75, 3.05) is 6.79 Å². The zero-order valence-electron chi connectivity index (χ0n) is 9.51. The van der Waals surface area contributed by atoms with Gasteiger partial charge in [-0.15, -0.1) is 0 Å². The first kappa shape index (κ1) is 10.5. The predicted octanol–water partition coefficient (Wildman–Crippen LogP) is 2.52. The fourth-order valence-corrected chi connectivity index (χ4v) is 1.66. The van der Waals surface area contributed by atoms with Crippen LogP contribution in [0, 0.1) is 11.8 Å². The number of aromatic hydroxyl groups is 1. The highest BCUT2D eigenvalue weighted by molar-refractivity contribution is 5.51. The van der Waals surface area contributed by atoms with Gasteiger partial charge in [-0.3, -0.25) is 0 Å². The largest absolute Gasteiger partial charge is 0.508 e. The number of phenols is 1. The van der Waals surface area contributed by atoms with E-state index in [0.29, 0.717) is 0 Å². The summed E-state index contributed by atoms with van der Waals surface area (Å²) in [7, 11) is 0. The topological polar surface area (TPSA) is 38.7 Å². The van der Waals surface area contributed by atoms with E-state index in [-0.39, 0.29) is 12.5 Å². The molecule has 3 nitrogen and oxygen atoms in total. The predicted molar refractivity (Wildman–Crippen MR) is 66.7 cm³/mol. The maximum Gasteiger partial charge on any atom is 0.231 e. The summed E-state index contributed by atoms with van der Waals surface area (Å²) in [6, 6.07) is 12.4. The van der Waals surface area contributed by atoms with Crippen molar-refractivity contribution in [2.24, 2.45) is 0 Å². The van der Waals surface area contributed by atoms with Crippen molar-refractivity contribution >= 4 is 0 Å². The third-order valence-electron chi connectivity index (χ3n) is 2.59. The molecule has 0 spiro atoms. The van der Waals surface area contributed by atoms with Gasteiger partial charge in [-0.1, -0.05) is 11.8 Å². The summed E-state index contributed by atoms with van der Waals surface area (Å²) in [6.45, 7) is 0.268. The molecule has 0 amide bonds. The molecule has 88 valence electrons. The van der Waals surface area contributed by atoms with Crippen LogP contribution in [0.3, 0.4) is 0 Å². The second-order valence-corrected chi connectivity index (χ2v) is 3.86. The van der Waals surface area contributed by atoms with Crippen molar-refractivity contribution in [1.29, 1.82) is 0 Å². The number of hydrogen-bond acceptors (Lipinski definition) is 3. The molecule has 0 radical (unpaired) electrons. The Bertz CT molecular complexity index is 633. The van der Waals surface area contributed by atoms with Crippen molar-refractivity contribution in [1.82, 2.24) is 0 Å². The molecule has 2 aromatic rings. The highest BCUT2D eigenvalue weighted by Crippen LogP contribution is 2.32. The first-order chi connectivity index (χ1) is 8.81. The average Bonchev–Trinajstić information content (AvgIpc) is 2.85. The van der Waals surface area contributed by atoms with Crippen LogP contribution in [0.15, 0.2) is 42.5 Å². The van der Waals surface area contributed by atoms with E-state index in [1.54, 1.807) is 24.3 Å². The number of benzene rings is 2. The first-order valence-electron chi connectivity index (χ1n) is 5.52. The fourth-order valence-electron chi connectivity index (χ4n) is 1.66. The van der Waals surface area contributed by atoms with E-state index in [0.717, 1.165) is 22.6 Å². The summed E-state index contributed by atoms with van der Waals surface area (Å²) in [5.74, 6) is 7.79. The van der Waals surface area contributed by atoms with Gasteiger partial charge in [0, 0.05) is 11.1 Å². The van der Waals surface area contributed by atoms with Crippen molar-refractivity contribution in [2.45, 2.75) is 0 Å². The number of fused-ring (bicyclic) bond motifs is 1. The van der Waals surface area contributed by atoms with Gasteiger partial charge in [-0.2, -0.15) is 0 Å². The number of ether oxygens (including phenoxy) is 2. The Kier molecular flexibility index (Phi) is 2.54. The monoisotopic (exact) mass is 238 g/mol. The van der Waals surface area contributed by atoms with Gasteiger partial charge in [-0.05, 0) is 42.5 Å². The summed E-state index contributed by atoms with van der Waals surface area (Å²) in [4.78, 5) is 0. The van der Waals surface area contributed by atoms with Crippen LogP contribution in [-0.2, 0) is 0 Å². The van der Waals surface area contributed by atoms with Crippen molar-refractivity contribution < 1.29 is 14.6 Å². The minimum absolute atomic E-state index is 0.239. The summed E-state index contributed by atoms with van der Waals surface area (Å²) in [5.41, 5.74) is 1.72. The molecule has 0 unspecified atom stereocenters. The molecule has 0 atom stereocenters. The Balaban J connectivity index is 1.87. The lowest BCUT2D eigenvalue weighted by atomic mass is 10.1. The van der Waals surface area contributed by atoms with E-state index in [1.807, 2.05) is 18.2 Å². The van der Waals surface area contributed by atoms with Crippen LogP contribution in [0.5, 0.6) is 17.2 Å². The van der Waals surface area contributed by atoms with E-state index in [4.69, 9.17) is 14.6 Å². The molecule has 0 fully saturated rings. The second-order valence-electron chi connectivity index (χ2n) is 3.86. The fraction of sp³-hybridized carbons (Fsp3) is 0.0667. The molecule has 0 aromatic heterocycles. The number of hydrogen-bond donors (Lipinski definition) is 1. The van der Waals surface area contributed by atoms with Gasteiger partial charge in [0.1, 0.15) is 5.75 Å². The Morgan fingerprint density at radius 3 is 2.33 bits per heavy atom. The lowest BCUT2D eigenvalue weighted by Gasteiger charge is -1.95. The third kappa shape index (κ3) is 2.09. The summed E-state index contributed by atoms with van der Waals surface area (Å²) >= 11 is 0. The van der Waals surface area contributed by atoms with Gasteiger partial charge >= 0.3 is 0 Å². The molecule has 1 heterocycles. The zero-order valence-corrected chi connectivity index (χ0v) is 9.51. The summed E-state index contributed by atoms with van der Waals surface area (Å²) < 4.78 is 10.5. The third-order valence-corrected chi connectivity index (χ3v) is 2.59. The van der Waals surface area contributed by atoms with E-state index >= 15 is 0 Å². The zero-order chi connectivity index (χ0) is 12.4. The van der Waals surface area contributed by atoms with Crippen LogP contribution in [0.4, 0.5) is 0 Å². The highest BCUT2D eigenvalue weighted by Gasteiger charge is 2.12. The Hall–Kier alpha value is -2.60. The van der Waals surface area contributed by atoms with Gasteiger partial charge in [0.05, 0.1) is 0 Å². The van der Waals surface area contributed by atoms with Crippen LogP contribution in [-0.4, -0.2) is 11.9 Å². The Morgan fingerprint density at radius 2 is 1.50 bits per heavy atom. The van der Waals surface area contributed by atoms with Gasteiger partial charge in [0.15, 0.2) is 11.5 Å². The first-order valence-corrected chi connectivity index (χ1v) is 5.52. The lowest BCUT2D eigenvalue weighted by molar-refractivity contribution is 0.174. The standard InChI is InChI=1S/C15H10O3/c16-13-6-3-11(4-7-13)1-2-12-5-8-14-15(9-12)18-10-17-14/h3-9,16H,10H2. The minimum atomic E-state index is 0.239. The van der Waals surface area contributed by atoms with Crippen LogP contribution >= 0.6 is 0 Å². The van der Waals surface area contributed by atoms with Crippen molar-refractivity contribution in [3.8, 4) is 29.1 Å². The maximum absolute atomic E-state index is 9.17. The van der Waals surface area contributed by atoms with Crippen LogP contribution in [0.25, 0.3) is 0 Å². The molecule has 2 aromatic carbocycles. The molecule has 0 bridgehead atoms. The maximum atomic E-state index is 9.17. The SMILES string of the molecule is Oc1ccc(C#Cc2ccc3c(c2)OCO3)cc1. The number of rotatable bonds is 0. The highest BCUT2D eigenvalue weighted by atomic mass is 16.7. The van der Waals surface area contributed by atoms with Gasteiger partial charge in [0.25, 0.3) is 0 Å². The molecule has 3 heteroatoms. The molecular weight excluding hydrogens is 228 g/mol. The van der Waals surface area contributed by atoms with Gasteiger partial charge < -0.3 is 14.6 Å². The van der Waals surface area contributed by atoms with Crippen molar-refractivity contribution in [3.63, 3.8) is 0 Å². The van der Waals surface area contributed by atoms with E-state index in [2.05, 4.69) is 11.8 Å². The van der Waals surface area contributed by atoms with Gasteiger partial charge in [0.2, 0.25) is 6.79 Å². The molecule has 0 saturated carbocycles. The molecular formula is C15H10O3. The Labute approximate surface area is 105 Å². The van der Waals surface area contributed by atoms with E-state index in [9.17, 15) is 0 Å². The molecule has 0 aliphatic carbocycles.